The van der Waals surface area contributed by atoms with Gasteiger partial charge in [0.1, 0.15) is 0 Å². The summed E-state index contributed by atoms with van der Waals surface area (Å²) < 4.78 is 0. The summed E-state index contributed by atoms with van der Waals surface area (Å²) in [5.74, 6) is 0.0763. The van der Waals surface area contributed by atoms with E-state index >= 15 is 0 Å². The van der Waals surface area contributed by atoms with Crippen molar-refractivity contribution in [3.63, 3.8) is 0 Å². The molecule has 0 N–H and O–H groups in total. The molecule has 2 fully saturated rings. The number of carbonyl (C=O) groups is 1. The minimum Gasteiger partial charge on any atom is -0.313 e. The van der Waals surface area contributed by atoms with Crippen molar-refractivity contribution >= 4 is 34.9 Å². The van der Waals surface area contributed by atoms with Gasteiger partial charge >= 0.3 is 5.97 Å². The van der Waals surface area contributed by atoms with Crippen molar-refractivity contribution in [3.05, 3.63) is 33.8 Å². The summed E-state index contributed by atoms with van der Waals surface area (Å²) >= 11 is 11.9. The molecule has 2 saturated carbocycles. The van der Waals surface area contributed by atoms with Crippen LogP contribution >= 0.6 is 23.2 Å². The lowest BCUT2D eigenvalue weighted by atomic mass is 9.70. The Morgan fingerprint density at radius 1 is 1.32 bits per heavy atom. The molecule has 0 amide bonds. The SMILES string of the molecule is CC1(C)[C@H]2CC[C@]1(C)/C(=N\OC(=O)c1ccc(Cl)cc1Cl)C2. The van der Waals surface area contributed by atoms with Gasteiger partial charge < -0.3 is 4.84 Å². The molecule has 0 heterocycles. The molecule has 2 bridgehead atoms. The van der Waals surface area contributed by atoms with Crippen LogP contribution in [0.25, 0.3) is 0 Å². The summed E-state index contributed by atoms with van der Waals surface area (Å²) in [6.45, 7) is 6.79. The van der Waals surface area contributed by atoms with E-state index in [1.54, 1.807) is 12.1 Å². The second-order valence-corrected chi connectivity index (χ2v) is 7.88. The van der Waals surface area contributed by atoms with Crippen molar-refractivity contribution in [2.45, 2.75) is 40.0 Å². The highest BCUT2D eigenvalue weighted by Crippen LogP contribution is 2.64. The number of hydrogen-bond acceptors (Lipinski definition) is 3. The fourth-order valence-corrected chi connectivity index (χ4v) is 4.35. The Labute approximate surface area is 140 Å². The monoisotopic (exact) mass is 339 g/mol. The number of hydrogen-bond donors (Lipinski definition) is 0. The first-order valence-electron chi connectivity index (χ1n) is 7.49. The summed E-state index contributed by atoms with van der Waals surface area (Å²) in [6.07, 6.45) is 3.23. The predicted octanol–water partition coefficient (Wildman–Crippen LogP) is 5.35. The van der Waals surface area contributed by atoms with Crippen molar-refractivity contribution in [1.29, 1.82) is 0 Å². The van der Waals surface area contributed by atoms with E-state index in [1.165, 1.54) is 12.5 Å². The van der Waals surface area contributed by atoms with Crippen LogP contribution in [0, 0.1) is 16.7 Å². The zero-order valence-corrected chi connectivity index (χ0v) is 14.5. The van der Waals surface area contributed by atoms with Gasteiger partial charge in [-0.25, -0.2) is 4.79 Å². The van der Waals surface area contributed by atoms with E-state index < -0.39 is 5.97 Å². The third kappa shape index (κ3) is 2.26. The highest BCUT2D eigenvalue weighted by atomic mass is 35.5. The fourth-order valence-electron chi connectivity index (χ4n) is 3.87. The van der Waals surface area contributed by atoms with Gasteiger partial charge in [0.2, 0.25) is 0 Å². The van der Waals surface area contributed by atoms with E-state index in [2.05, 4.69) is 25.9 Å². The highest BCUT2D eigenvalue weighted by molar-refractivity contribution is 6.36. The standard InChI is InChI=1S/C17H19Cl2NO2/c1-16(2)10-6-7-17(16,3)14(8-10)20-22-15(21)12-5-4-11(18)9-13(12)19/h4-5,9-10H,6-8H2,1-3H3/b20-14-/t10-,17+/m0/s1. The predicted molar refractivity (Wildman–Crippen MR) is 88.5 cm³/mol. The molecular weight excluding hydrogens is 321 g/mol. The average molecular weight is 340 g/mol. The van der Waals surface area contributed by atoms with E-state index in [4.69, 9.17) is 28.0 Å². The van der Waals surface area contributed by atoms with E-state index in [0.29, 0.717) is 10.9 Å². The second-order valence-electron chi connectivity index (χ2n) is 7.03. The molecule has 3 rings (SSSR count). The smallest absolute Gasteiger partial charge is 0.313 e. The molecular formula is C17H19Cl2NO2. The quantitative estimate of drug-likeness (QED) is 0.537. The molecule has 1 aromatic rings. The number of oxime groups is 1. The number of halogens is 2. The minimum absolute atomic E-state index is 0.0156. The Kier molecular flexibility index (Phi) is 3.77. The topological polar surface area (TPSA) is 38.7 Å². The highest BCUT2D eigenvalue weighted by Gasteiger charge is 2.60. The van der Waals surface area contributed by atoms with Crippen LogP contribution < -0.4 is 0 Å². The van der Waals surface area contributed by atoms with Crippen LogP contribution in [0.5, 0.6) is 0 Å². The van der Waals surface area contributed by atoms with Gasteiger partial charge in [0.15, 0.2) is 0 Å². The molecule has 2 aliphatic carbocycles. The van der Waals surface area contributed by atoms with Crippen LogP contribution in [0.4, 0.5) is 0 Å². The molecule has 0 saturated heterocycles. The van der Waals surface area contributed by atoms with Gasteiger partial charge in [-0.15, -0.1) is 0 Å². The van der Waals surface area contributed by atoms with Crippen molar-refractivity contribution in [2.24, 2.45) is 21.9 Å². The van der Waals surface area contributed by atoms with Crippen LogP contribution in [-0.4, -0.2) is 11.7 Å². The number of carbonyl (C=O) groups excluding carboxylic acids is 1. The summed E-state index contributed by atoms with van der Waals surface area (Å²) in [5.41, 5.74) is 1.49. The normalized spacial score (nSPS) is 30.8. The number of benzene rings is 1. The molecule has 22 heavy (non-hydrogen) atoms. The molecule has 2 aliphatic rings. The maximum absolute atomic E-state index is 12.1. The Morgan fingerprint density at radius 2 is 2.05 bits per heavy atom. The van der Waals surface area contributed by atoms with Crippen molar-refractivity contribution in [2.75, 3.05) is 0 Å². The van der Waals surface area contributed by atoms with Crippen LogP contribution in [-0.2, 0) is 4.84 Å². The van der Waals surface area contributed by atoms with Crippen molar-refractivity contribution in [1.82, 2.24) is 0 Å². The zero-order chi connectivity index (χ0) is 16.1. The molecule has 0 spiro atoms. The molecule has 0 radical (unpaired) electrons. The van der Waals surface area contributed by atoms with E-state index in [-0.39, 0.29) is 21.4 Å². The second kappa shape index (κ2) is 5.24. The van der Waals surface area contributed by atoms with Crippen molar-refractivity contribution < 1.29 is 9.63 Å². The molecule has 0 aliphatic heterocycles. The molecule has 5 heteroatoms. The third-order valence-corrected chi connectivity index (χ3v) is 6.45. The first-order chi connectivity index (χ1) is 10.3. The van der Waals surface area contributed by atoms with Crippen LogP contribution in [0.2, 0.25) is 10.0 Å². The van der Waals surface area contributed by atoms with Gasteiger partial charge in [0, 0.05) is 10.4 Å². The van der Waals surface area contributed by atoms with Gasteiger partial charge in [-0.3, -0.25) is 0 Å². The first kappa shape index (κ1) is 15.8. The Bertz CT molecular complexity index is 669. The Morgan fingerprint density at radius 3 is 2.59 bits per heavy atom. The lowest BCUT2D eigenvalue weighted by Crippen LogP contribution is -2.32. The fraction of sp³-hybridized carbons (Fsp3) is 0.529. The maximum Gasteiger partial charge on any atom is 0.367 e. The number of fused-ring (bicyclic) bond motifs is 2. The third-order valence-electron chi connectivity index (χ3n) is 5.90. The summed E-state index contributed by atoms with van der Waals surface area (Å²) in [7, 11) is 0. The van der Waals surface area contributed by atoms with Crippen LogP contribution in [0.3, 0.4) is 0 Å². The van der Waals surface area contributed by atoms with Crippen molar-refractivity contribution in [3.8, 4) is 0 Å². The lowest BCUT2D eigenvalue weighted by Gasteiger charge is -2.34. The average Bonchev–Trinajstić information content (AvgIpc) is 2.77. The number of nitrogens with zero attached hydrogens (tertiary/aromatic N) is 1. The Balaban J connectivity index is 1.79. The van der Waals surface area contributed by atoms with E-state index in [1.807, 2.05) is 0 Å². The molecule has 3 nitrogen and oxygen atoms in total. The lowest BCUT2D eigenvalue weighted by molar-refractivity contribution is 0.0508. The van der Waals surface area contributed by atoms with Gasteiger partial charge in [-0.05, 0) is 48.8 Å². The Hall–Kier alpha value is -1.06. The van der Waals surface area contributed by atoms with Crippen LogP contribution in [0.15, 0.2) is 23.4 Å². The minimum atomic E-state index is -0.543. The molecule has 1 aromatic carbocycles. The van der Waals surface area contributed by atoms with E-state index in [0.717, 1.165) is 18.6 Å². The van der Waals surface area contributed by atoms with Gasteiger partial charge in [-0.2, -0.15) is 0 Å². The molecule has 118 valence electrons. The van der Waals surface area contributed by atoms with Crippen LogP contribution in [0.1, 0.15) is 50.4 Å². The molecule has 2 atom stereocenters. The van der Waals surface area contributed by atoms with E-state index in [9.17, 15) is 4.79 Å². The summed E-state index contributed by atoms with van der Waals surface area (Å²) in [5, 5.41) is 4.95. The largest absolute Gasteiger partial charge is 0.367 e. The van der Waals surface area contributed by atoms with Gasteiger partial charge in [0.05, 0.1) is 16.3 Å². The van der Waals surface area contributed by atoms with Gasteiger partial charge in [0.25, 0.3) is 0 Å². The summed E-state index contributed by atoms with van der Waals surface area (Å²) in [6, 6.07) is 4.69. The zero-order valence-electron chi connectivity index (χ0n) is 13.0. The maximum atomic E-state index is 12.1. The summed E-state index contributed by atoms with van der Waals surface area (Å²) in [4.78, 5) is 17.3. The first-order valence-corrected chi connectivity index (χ1v) is 8.25. The molecule has 0 unspecified atom stereocenters. The number of rotatable bonds is 2. The molecule has 0 aromatic heterocycles. The van der Waals surface area contributed by atoms with Gasteiger partial charge in [-0.1, -0.05) is 49.1 Å².